The van der Waals surface area contributed by atoms with Crippen molar-refractivity contribution in [1.82, 2.24) is 14.7 Å². The molecule has 0 amide bonds. The fraction of sp³-hybridized carbons (Fsp3) is 0.333. The number of nitrogens with two attached hydrogens (primary N) is 1. The van der Waals surface area contributed by atoms with Crippen LogP contribution in [0, 0.1) is 13.8 Å². The highest BCUT2D eigenvalue weighted by Gasteiger charge is 2.10. The van der Waals surface area contributed by atoms with Crippen molar-refractivity contribution in [3.8, 4) is 0 Å². The van der Waals surface area contributed by atoms with Crippen LogP contribution in [-0.2, 0) is 6.54 Å². The molecule has 5 nitrogen and oxygen atoms in total. The highest BCUT2D eigenvalue weighted by atomic mass is 16.5. The molecule has 2 rings (SSSR count). The van der Waals surface area contributed by atoms with Gasteiger partial charge in [0.2, 0.25) is 0 Å². The summed E-state index contributed by atoms with van der Waals surface area (Å²) < 4.78 is 6.91. The second kappa shape index (κ2) is 3.17. The maximum Gasteiger partial charge on any atom is 0.200 e. The van der Waals surface area contributed by atoms with Crippen LogP contribution in [-0.4, -0.2) is 14.7 Å². The van der Waals surface area contributed by atoms with Gasteiger partial charge in [-0.05, 0) is 13.8 Å². The van der Waals surface area contributed by atoms with Crippen LogP contribution in [0.5, 0.6) is 0 Å². The van der Waals surface area contributed by atoms with E-state index in [-0.39, 0.29) is 0 Å². The number of aromatic nitrogens is 3. The molecule has 74 valence electrons. The molecule has 0 saturated heterocycles. The summed E-state index contributed by atoms with van der Waals surface area (Å²) in [6.45, 7) is 4.47. The summed E-state index contributed by atoms with van der Waals surface area (Å²) in [7, 11) is 0. The van der Waals surface area contributed by atoms with Gasteiger partial charge in [0, 0.05) is 18.0 Å². The lowest BCUT2D eigenvalue weighted by Gasteiger charge is -2.03. The lowest BCUT2D eigenvalue weighted by atomic mass is 10.2. The molecule has 0 saturated carbocycles. The Balaban J connectivity index is 2.31. The Morgan fingerprint density at radius 1 is 1.50 bits per heavy atom. The molecule has 2 aromatic rings. The Morgan fingerprint density at radius 2 is 2.29 bits per heavy atom. The monoisotopic (exact) mass is 192 g/mol. The second-order valence-corrected chi connectivity index (χ2v) is 3.22. The zero-order valence-corrected chi connectivity index (χ0v) is 8.19. The summed E-state index contributed by atoms with van der Waals surface area (Å²) in [5, 5.41) is 3.88. The molecule has 0 aliphatic rings. The van der Waals surface area contributed by atoms with Crippen molar-refractivity contribution in [1.29, 1.82) is 0 Å². The molecule has 0 radical (unpaired) electrons. The lowest BCUT2D eigenvalue weighted by Crippen LogP contribution is -2.04. The van der Waals surface area contributed by atoms with E-state index >= 15 is 0 Å². The molecule has 0 aromatic carbocycles. The lowest BCUT2D eigenvalue weighted by molar-refractivity contribution is 0.392. The third-order valence-electron chi connectivity index (χ3n) is 2.26. The Kier molecular flexibility index (Phi) is 1.99. The van der Waals surface area contributed by atoms with Gasteiger partial charge in [0.1, 0.15) is 5.76 Å². The third kappa shape index (κ3) is 1.37. The van der Waals surface area contributed by atoms with Crippen LogP contribution in [0.25, 0.3) is 0 Å². The van der Waals surface area contributed by atoms with E-state index in [1.807, 2.05) is 24.6 Å². The third-order valence-corrected chi connectivity index (χ3v) is 2.26. The first-order chi connectivity index (χ1) is 6.68. The van der Waals surface area contributed by atoms with Crippen LogP contribution in [0.2, 0.25) is 0 Å². The molecule has 0 spiro atoms. The molecule has 2 aromatic heterocycles. The Hall–Kier alpha value is -1.78. The van der Waals surface area contributed by atoms with Crippen LogP contribution in [0.1, 0.15) is 17.0 Å². The van der Waals surface area contributed by atoms with Crippen LogP contribution in [0.4, 0.5) is 5.95 Å². The topological polar surface area (TPSA) is 69.9 Å². The van der Waals surface area contributed by atoms with Crippen molar-refractivity contribution in [3.63, 3.8) is 0 Å². The fourth-order valence-corrected chi connectivity index (χ4v) is 1.37. The van der Waals surface area contributed by atoms with Gasteiger partial charge in [-0.1, -0.05) is 5.16 Å². The summed E-state index contributed by atoms with van der Waals surface area (Å²) in [5.41, 5.74) is 7.62. The summed E-state index contributed by atoms with van der Waals surface area (Å²) in [4.78, 5) is 3.95. The molecule has 0 aliphatic carbocycles. The zero-order chi connectivity index (χ0) is 10.1. The Labute approximate surface area is 81.5 Å². The van der Waals surface area contributed by atoms with Crippen LogP contribution < -0.4 is 5.73 Å². The number of nitrogens with zero attached hydrogens (tertiary/aromatic N) is 3. The van der Waals surface area contributed by atoms with Gasteiger partial charge < -0.3 is 14.8 Å². The maximum absolute atomic E-state index is 5.66. The molecule has 0 aliphatic heterocycles. The number of nitrogen functional groups attached to an aromatic ring is 1. The standard InChI is InChI=1S/C9H12N4O/c1-6-8(7(2)14-12-6)5-13-4-3-11-9(13)10/h3-4H,5H2,1-2H3,(H2,10,11). The van der Waals surface area contributed by atoms with Gasteiger partial charge in [0.25, 0.3) is 0 Å². The predicted octanol–water partition coefficient (Wildman–Crippen LogP) is 1.12. The zero-order valence-electron chi connectivity index (χ0n) is 8.19. The highest BCUT2D eigenvalue weighted by Crippen LogP contribution is 2.14. The smallest absolute Gasteiger partial charge is 0.200 e. The second-order valence-electron chi connectivity index (χ2n) is 3.22. The minimum absolute atomic E-state index is 0.505. The number of rotatable bonds is 2. The van der Waals surface area contributed by atoms with E-state index < -0.39 is 0 Å². The minimum Gasteiger partial charge on any atom is -0.369 e. The molecule has 0 bridgehead atoms. The van der Waals surface area contributed by atoms with Gasteiger partial charge in [-0.3, -0.25) is 0 Å². The quantitative estimate of drug-likeness (QED) is 0.774. The molecule has 5 heteroatoms. The Morgan fingerprint density at radius 3 is 2.79 bits per heavy atom. The number of hydrogen-bond donors (Lipinski definition) is 1. The van der Waals surface area contributed by atoms with E-state index in [0.29, 0.717) is 12.5 Å². The van der Waals surface area contributed by atoms with Crippen molar-refractivity contribution >= 4 is 5.95 Å². The minimum atomic E-state index is 0.505. The summed E-state index contributed by atoms with van der Waals surface area (Å²) in [6, 6.07) is 0. The summed E-state index contributed by atoms with van der Waals surface area (Å²) >= 11 is 0. The van der Waals surface area contributed by atoms with Gasteiger partial charge >= 0.3 is 0 Å². The first kappa shape index (κ1) is 8.80. The number of anilines is 1. The van der Waals surface area contributed by atoms with Gasteiger partial charge in [-0.25, -0.2) is 4.98 Å². The molecule has 2 heterocycles. The van der Waals surface area contributed by atoms with Crippen LogP contribution in [0.15, 0.2) is 16.9 Å². The molecule has 14 heavy (non-hydrogen) atoms. The first-order valence-electron chi connectivity index (χ1n) is 4.37. The summed E-state index contributed by atoms with van der Waals surface area (Å²) in [6.07, 6.45) is 3.51. The highest BCUT2D eigenvalue weighted by molar-refractivity contribution is 5.25. The van der Waals surface area contributed by atoms with E-state index in [2.05, 4.69) is 10.1 Å². The van der Waals surface area contributed by atoms with E-state index in [1.165, 1.54) is 0 Å². The van der Waals surface area contributed by atoms with Crippen molar-refractivity contribution in [2.24, 2.45) is 0 Å². The normalized spacial score (nSPS) is 10.7. The van der Waals surface area contributed by atoms with Crippen LogP contribution >= 0.6 is 0 Å². The molecule has 2 N–H and O–H groups in total. The maximum atomic E-state index is 5.66. The van der Waals surface area contributed by atoms with E-state index in [4.69, 9.17) is 10.3 Å². The summed E-state index contributed by atoms with van der Waals surface area (Å²) in [5.74, 6) is 1.33. The van der Waals surface area contributed by atoms with Gasteiger partial charge in [-0.2, -0.15) is 0 Å². The van der Waals surface area contributed by atoms with Crippen LogP contribution in [0.3, 0.4) is 0 Å². The Bertz CT molecular complexity index is 424. The van der Waals surface area contributed by atoms with Gasteiger partial charge in [0.15, 0.2) is 5.95 Å². The van der Waals surface area contributed by atoms with Crippen molar-refractivity contribution in [2.75, 3.05) is 5.73 Å². The van der Waals surface area contributed by atoms with E-state index in [9.17, 15) is 0 Å². The molecule has 0 atom stereocenters. The predicted molar refractivity (Wildman–Crippen MR) is 51.7 cm³/mol. The molecular formula is C9H12N4O. The largest absolute Gasteiger partial charge is 0.369 e. The molecular weight excluding hydrogens is 180 g/mol. The fourth-order valence-electron chi connectivity index (χ4n) is 1.37. The molecule has 0 fully saturated rings. The van der Waals surface area contributed by atoms with Gasteiger partial charge in [-0.15, -0.1) is 0 Å². The van der Waals surface area contributed by atoms with E-state index in [1.54, 1.807) is 6.20 Å². The number of hydrogen-bond acceptors (Lipinski definition) is 4. The molecule has 0 unspecified atom stereocenters. The first-order valence-corrected chi connectivity index (χ1v) is 4.37. The van der Waals surface area contributed by atoms with Gasteiger partial charge in [0.05, 0.1) is 12.2 Å². The number of imidazole rings is 1. The van der Waals surface area contributed by atoms with E-state index in [0.717, 1.165) is 17.0 Å². The SMILES string of the molecule is Cc1noc(C)c1Cn1ccnc1N. The van der Waals surface area contributed by atoms with Crippen molar-refractivity contribution < 1.29 is 4.52 Å². The van der Waals surface area contributed by atoms with Crippen molar-refractivity contribution in [2.45, 2.75) is 20.4 Å². The number of aryl methyl sites for hydroxylation is 2. The van der Waals surface area contributed by atoms with Crippen molar-refractivity contribution in [3.05, 3.63) is 29.4 Å². The average Bonchev–Trinajstić information content (AvgIpc) is 2.67. The average molecular weight is 192 g/mol.